The number of nitrogens with one attached hydrogen (secondary N) is 3. The number of aryl methyl sites for hydroxylation is 1. The zero-order valence-electron chi connectivity index (χ0n) is 14.0. The number of carbonyl (C=O) groups is 1. The Labute approximate surface area is 152 Å². The lowest BCUT2D eigenvalue weighted by molar-refractivity contribution is -0.144. The minimum absolute atomic E-state index is 0. The van der Waals surface area contributed by atoms with E-state index in [1.807, 2.05) is 6.92 Å². The van der Waals surface area contributed by atoms with E-state index < -0.39 is 17.9 Å². The second-order valence-electron chi connectivity index (χ2n) is 5.93. The number of rotatable bonds is 3. The molecule has 3 N–H and O–H groups in total. The molecule has 0 bridgehead atoms. The smallest absolute Gasteiger partial charge is 0.345 e. The average molecular weight is 395 g/mol. The predicted molar refractivity (Wildman–Crippen MR) is 86.2 cm³/mol. The monoisotopic (exact) mass is 394 g/mol. The van der Waals surface area contributed by atoms with Gasteiger partial charge in [0, 0.05) is 12.6 Å². The standard InChI is InChI=1S/C13H17F3N8O.ClH/c1-6-3-4-17-5-8(6)19-10(25)9-18-7(2)24(23-9)12-20-11(21-22-12)13(14,15)16;/h6,8,17H,3-5H2,1-2H3,(H,19,25)(H,20,21,22);1H. The molecule has 2 aromatic heterocycles. The summed E-state index contributed by atoms with van der Waals surface area (Å²) in [6, 6.07) is -0.0613. The molecule has 144 valence electrons. The first kappa shape index (κ1) is 20.1. The molecular formula is C13H18ClF3N8O. The number of amides is 1. The van der Waals surface area contributed by atoms with Crippen molar-refractivity contribution < 1.29 is 18.0 Å². The Bertz CT molecular complexity index is 774. The van der Waals surface area contributed by atoms with Gasteiger partial charge in [-0.3, -0.25) is 9.89 Å². The molecule has 0 saturated carbocycles. The van der Waals surface area contributed by atoms with Gasteiger partial charge in [0.15, 0.2) is 0 Å². The molecule has 1 amide bonds. The van der Waals surface area contributed by atoms with E-state index in [0.29, 0.717) is 12.5 Å². The molecule has 1 saturated heterocycles. The summed E-state index contributed by atoms with van der Waals surface area (Å²) >= 11 is 0. The second-order valence-corrected chi connectivity index (χ2v) is 5.93. The van der Waals surface area contributed by atoms with Crippen LogP contribution in [0.3, 0.4) is 0 Å². The molecule has 1 aliphatic heterocycles. The molecule has 9 nitrogen and oxygen atoms in total. The van der Waals surface area contributed by atoms with Gasteiger partial charge in [0.2, 0.25) is 11.6 Å². The molecule has 0 aliphatic carbocycles. The average Bonchev–Trinajstić information content (AvgIpc) is 3.15. The Balaban J connectivity index is 0.00000243. The fourth-order valence-corrected chi connectivity index (χ4v) is 2.57. The number of hydrogen-bond donors (Lipinski definition) is 3. The number of H-pyrrole nitrogens is 1. The maximum atomic E-state index is 12.6. The van der Waals surface area contributed by atoms with Crippen molar-refractivity contribution in [1.29, 1.82) is 0 Å². The van der Waals surface area contributed by atoms with Gasteiger partial charge in [0.05, 0.1) is 0 Å². The number of piperidine rings is 1. The summed E-state index contributed by atoms with van der Waals surface area (Å²) in [6.07, 6.45) is -3.71. The van der Waals surface area contributed by atoms with Gasteiger partial charge in [-0.15, -0.1) is 22.6 Å². The van der Waals surface area contributed by atoms with E-state index >= 15 is 0 Å². The van der Waals surface area contributed by atoms with Crippen molar-refractivity contribution in [2.45, 2.75) is 32.5 Å². The fraction of sp³-hybridized carbons (Fsp3) is 0.615. The fourth-order valence-electron chi connectivity index (χ4n) is 2.57. The van der Waals surface area contributed by atoms with E-state index in [4.69, 9.17) is 0 Å². The van der Waals surface area contributed by atoms with Gasteiger partial charge >= 0.3 is 6.18 Å². The second kappa shape index (κ2) is 7.58. The van der Waals surface area contributed by atoms with Gasteiger partial charge in [0.25, 0.3) is 11.9 Å². The molecule has 0 radical (unpaired) electrons. The third kappa shape index (κ3) is 4.12. The topological polar surface area (TPSA) is 113 Å². The molecule has 0 spiro atoms. The van der Waals surface area contributed by atoms with Gasteiger partial charge in [-0.1, -0.05) is 6.92 Å². The van der Waals surface area contributed by atoms with Crippen LogP contribution in [0.2, 0.25) is 0 Å². The Morgan fingerprint density at radius 3 is 2.69 bits per heavy atom. The SMILES string of the molecule is Cc1nc(C(=O)NC2CNCCC2C)nn1-c1n[nH]c(C(F)(F)F)n1.Cl. The summed E-state index contributed by atoms with van der Waals surface area (Å²) in [4.78, 5) is 19.6. The van der Waals surface area contributed by atoms with Crippen molar-refractivity contribution in [3.8, 4) is 5.95 Å². The number of hydrogen-bond acceptors (Lipinski definition) is 6. The Hall–Kier alpha value is -2.21. The minimum Gasteiger partial charge on any atom is -0.345 e. The van der Waals surface area contributed by atoms with Crippen molar-refractivity contribution in [2.75, 3.05) is 13.1 Å². The van der Waals surface area contributed by atoms with Crippen LogP contribution in [-0.4, -0.2) is 55.0 Å². The Morgan fingerprint density at radius 2 is 2.08 bits per heavy atom. The number of halogens is 4. The highest BCUT2D eigenvalue weighted by Gasteiger charge is 2.36. The predicted octanol–water partition coefficient (Wildman–Crippen LogP) is 0.862. The van der Waals surface area contributed by atoms with Crippen molar-refractivity contribution >= 4 is 18.3 Å². The van der Waals surface area contributed by atoms with Crippen LogP contribution in [0.1, 0.15) is 35.6 Å². The van der Waals surface area contributed by atoms with Crippen molar-refractivity contribution in [3.63, 3.8) is 0 Å². The van der Waals surface area contributed by atoms with Crippen LogP contribution in [0.4, 0.5) is 13.2 Å². The molecule has 2 unspecified atom stereocenters. The summed E-state index contributed by atoms with van der Waals surface area (Å²) in [5.41, 5.74) is 0. The van der Waals surface area contributed by atoms with Crippen LogP contribution in [0.15, 0.2) is 0 Å². The lowest BCUT2D eigenvalue weighted by atomic mass is 9.95. The van der Waals surface area contributed by atoms with Gasteiger partial charge < -0.3 is 10.6 Å². The zero-order chi connectivity index (χ0) is 18.2. The summed E-state index contributed by atoms with van der Waals surface area (Å²) in [7, 11) is 0. The lowest BCUT2D eigenvalue weighted by Crippen LogP contribution is -2.50. The van der Waals surface area contributed by atoms with Crippen LogP contribution in [0.5, 0.6) is 0 Å². The normalized spacial score (nSPS) is 20.5. The molecule has 13 heteroatoms. The molecule has 1 fully saturated rings. The number of carbonyl (C=O) groups excluding carboxylic acids is 1. The van der Waals surface area contributed by atoms with E-state index in [1.165, 1.54) is 6.92 Å². The van der Waals surface area contributed by atoms with Gasteiger partial charge in [0.1, 0.15) is 5.82 Å². The summed E-state index contributed by atoms with van der Waals surface area (Å²) < 4.78 is 38.8. The van der Waals surface area contributed by atoms with E-state index in [1.54, 1.807) is 5.10 Å². The van der Waals surface area contributed by atoms with Crippen LogP contribution < -0.4 is 10.6 Å². The first-order valence-corrected chi connectivity index (χ1v) is 7.71. The highest BCUT2D eigenvalue weighted by molar-refractivity contribution is 5.90. The van der Waals surface area contributed by atoms with Crippen molar-refractivity contribution in [3.05, 3.63) is 17.5 Å². The minimum atomic E-state index is -4.65. The maximum absolute atomic E-state index is 12.6. The Kier molecular flexibility index (Phi) is 5.86. The molecular weight excluding hydrogens is 377 g/mol. The number of alkyl halides is 3. The van der Waals surface area contributed by atoms with E-state index in [0.717, 1.165) is 17.6 Å². The van der Waals surface area contributed by atoms with E-state index in [-0.39, 0.29) is 36.0 Å². The van der Waals surface area contributed by atoms with Crippen molar-refractivity contribution in [1.82, 2.24) is 40.6 Å². The van der Waals surface area contributed by atoms with Gasteiger partial charge in [-0.25, -0.2) is 4.98 Å². The Morgan fingerprint density at radius 1 is 1.35 bits per heavy atom. The van der Waals surface area contributed by atoms with E-state index in [2.05, 4.69) is 30.8 Å². The summed E-state index contributed by atoms with van der Waals surface area (Å²) in [5.74, 6) is -1.71. The molecule has 2 aromatic rings. The zero-order valence-corrected chi connectivity index (χ0v) is 14.8. The van der Waals surface area contributed by atoms with E-state index in [9.17, 15) is 18.0 Å². The summed E-state index contributed by atoms with van der Waals surface area (Å²) in [5, 5.41) is 15.2. The largest absolute Gasteiger partial charge is 0.451 e. The van der Waals surface area contributed by atoms with Crippen molar-refractivity contribution in [2.24, 2.45) is 5.92 Å². The third-order valence-electron chi connectivity index (χ3n) is 4.05. The maximum Gasteiger partial charge on any atom is 0.451 e. The van der Waals surface area contributed by atoms with Crippen LogP contribution >= 0.6 is 12.4 Å². The molecule has 2 atom stereocenters. The first-order valence-electron chi connectivity index (χ1n) is 7.71. The van der Waals surface area contributed by atoms with Gasteiger partial charge in [-0.2, -0.15) is 22.8 Å². The quantitative estimate of drug-likeness (QED) is 0.711. The molecule has 3 rings (SSSR count). The lowest BCUT2D eigenvalue weighted by Gasteiger charge is -2.29. The summed E-state index contributed by atoms with van der Waals surface area (Å²) in [6.45, 7) is 5.07. The highest BCUT2D eigenvalue weighted by Crippen LogP contribution is 2.26. The first-order chi connectivity index (χ1) is 11.8. The third-order valence-corrected chi connectivity index (χ3v) is 4.05. The van der Waals surface area contributed by atoms with Crippen LogP contribution in [-0.2, 0) is 6.18 Å². The number of nitrogens with zero attached hydrogens (tertiary/aromatic N) is 5. The highest BCUT2D eigenvalue weighted by atomic mass is 35.5. The number of aromatic amines is 1. The molecule has 0 aromatic carbocycles. The van der Waals surface area contributed by atoms with Crippen LogP contribution in [0.25, 0.3) is 5.95 Å². The molecule has 26 heavy (non-hydrogen) atoms. The van der Waals surface area contributed by atoms with Gasteiger partial charge in [-0.05, 0) is 25.8 Å². The number of aromatic nitrogens is 6. The van der Waals surface area contributed by atoms with Crippen LogP contribution in [0, 0.1) is 12.8 Å². The molecule has 1 aliphatic rings. The molecule has 3 heterocycles.